The fourth-order valence-corrected chi connectivity index (χ4v) is 2.54. The van der Waals surface area contributed by atoms with Crippen LogP contribution in [-0.4, -0.2) is 18.6 Å². The Bertz CT molecular complexity index is 662. The van der Waals surface area contributed by atoms with Crippen LogP contribution in [-0.2, 0) is 10.0 Å². The van der Waals surface area contributed by atoms with E-state index in [2.05, 4.69) is 0 Å². The minimum Gasteiger partial charge on any atom is -0.228 e. The first kappa shape index (κ1) is 9.74. The Hall–Kier alpha value is -1.80. The maximum absolute atomic E-state index is 11.5. The van der Waals surface area contributed by atoms with Gasteiger partial charge in [0.2, 0.25) is 10.0 Å². The highest BCUT2D eigenvalue weighted by Gasteiger charge is 2.15. The van der Waals surface area contributed by atoms with Gasteiger partial charge >= 0.3 is 0 Å². The molecule has 1 aromatic carbocycles. The quantitative estimate of drug-likeness (QED) is 0.728. The summed E-state index contributed by atoms with van der Waals surface area (Å²) in [6.07, 6.45) is 1.08. The summed E-state index contributed by atoms with van der Waals surface area (Å²) in [6.45, 7) is 0. The lowest BCUT2D eigenvalue weighted by atomic mass is 10.2. The van der Waals surface area contributed by atoms with Crippen LogP contribution < -0.4 is 0 Å². The topological polar surface area (TPSA) is 62.9 Å². The van der Waals surface area contributed by atoms with Crippen LogP contribution in [0.2, 0.25) is 0 Å². The zero-order valence-electron chi connectivity index (χ0n) is 8.01. The molecule has 0 saturated heterocycles. The standard InChI is InChI=1S/C10H8N2O2S/c1-15(13,14)12-9(7-11)6-8-4-2-3-5-10(8)12/h2-6H,1H3. The van der Waals surface area contributed by atoms with Gasteiger partial charge in [-0.05, 0) is 12.1 Å². The van der Waals surface area contributed by atoms with Crippen molar-refractivity contribution < 1.29 is 8.42 Å². The van der Waals surface area contributed by atoms with Crippen molar-refractivity contribution in [1.29, 1.82) is 5.26 Å². The minimum absolute atomic E-state index is 0.138. The first-order chi connectivity index (χ1) is 7.04. The average molecular weight is 220 g/mol. The molecule has 0 fully saturated rings. The lowest BCUT2D eigenvalue weighted by Crippen LogP contribution is -2.11. The Morgan fingerprint density at radius 2 is 2.00 bits per heavy atom. The summed E-state index contributed by atoms with van der Waals surface area (Å²) in [5.74, 6) is 0. The van der Waals surface area contributed by atoms with E-state index >= 15 is 0 Å². The van der Waals surface area contributed by atoms with Crippen LogP contribution in [0.3, 0.4) is 0 Å². The Kier molecular flexibility index (Phi) is 2.02. The van der Waals surface area contributed by atoms with Gasteiger partial charge in [0.05, 0.1) is 11.8 Å². The molecule has 5 heteroatoms. The van der Waals surface area contributed by atoms with Gasteiger partial charge in [-0.15, -0.1) is 0 Å². The summed E-state index contributed by atoms with van der Waals surface area (Å²) in [7, 11) is -3.43. The first-order valence-electron chi connectivity index (χ1n) is 4.25. The van der Waals surface area contributed by atoms with E-state index in [1.165, 1.54) is 0 Å². The molecule has 0 bridgehead atoms. The maximum Gasteiger partial charge on any atom is 0.237 e. The van der Waals surface area contributed by atoms with Crippen LogP contribution in [0.1, 0.15) is 5.69 Å². The van der Waals surface area contributed by atoms with E-state index in [1.54, 1.807) is 30.3 Å². The molecule has 0 radical (unpaired) electrons. The summed E-state index contributed by atoms with van der Waals surface area (Å²) in [5, 5.41) is 9.60. The fraction of sp³-hybridized carbons (Fsp3) is 0.100. The number of benzene rings is 1. The highest BCUT2D eigenvalue weighted by Crippen LogP contribution is 2.20. The van der Waals surface area contributed by atoms with Crippen molar-refractivity contribution in [1.82, 2.24) is 3.97 Å². The van der Waals surface area contributed by atoms with Crippen LogP contribution >= 0.6 is 0 Å². The smallest absolute Gasteiger partial charge is 0.228 e. The third-order valence-electron chi connectivity index (χ3n) is 2.11. The third kappa shape index (κ3) is 1.49. The van der Waals surface area contributed by atoms with Crippen LogP contribution in [0.25, 0.3) is 10.9 Å². The van der Waals surface area contributed by atoms with Crippen LogP contribution in [0, 0.1) is 11.3 Å². The van der Waals surface area contributed by atoms with Gasteiger partial charge < -0.3 is 0 Å². The average Bonchev–Trinajstić information content (AvgIpc) is 2.54. The number of nitrogens with zero attached hydrogens (tertiary/aromatic N) is 2. The largest absolute Gasteiger partial charge is 0.237 e. The second kappa shape index (κ2) is 3.11. The van der Waals surface area contributed by atoms with Crippen molar-refractivity contribution in [3.63, 3.8) is 0 Å². The van der Waals surface area contributed by atoms with Crippen molar-refractivity contribution in [2.24, 2.45) is 0 Å². The molecule has 0 N–H and O–H groups in total. The third-order valence-corrected chi connectivity index (χ3v) is 3.17. The normalized spacial score (nSPS) is 11.5. The molecule has 2 rings (SSSR count). The number of hydrogen-bond acceptors (Lipinski definition) is 3. The SMILES string of the molecule is CS(=O)(=O)n1c(C#N)cc2ccccc21. The number of rotatable bonds is 1. The zero-order chi connectivity index (χ0) is 11.1. The van der Waals surface area contributed by atoms with E-state index in [1.807, 2.05) is 6.07 Å². The lowest BCUT2D eigenvalue weighted by molar-refractivity contribution is 0.594. The molecule has 1 aromatic heterocycles. The van der Waals surface area contributed by atoms with Gasteiger partial charge in [-0.3, -0.25) is 0 Å². The maximum atomic E-state index is 11.5. The molecule has 0 unspecified atom stereocenters. The Morgan fingerprint density at radius 1 is 1.33 bits per heavy atom. The van der Waals surface area contributed by atoms with Gasteiger partial charge in [0.1, 0.15) is 11.8 Å². The molecule has 0 aliphatic rings. The van der Waals surface area contributed by atoms with Gasteiger partial charge in [-0.1, -0.05) is 18.2 Å². The Balaban J connectivity index is 2.99. The summed E-state index contributed by atoms with van der Waals surface area (Å²) >= 11 is 0. The van der Waals surface area contributed by atoms with E-state index < -0.39 is 10.0 Å². The monoisotopic (exact) mass is 220 g/mol. The molecule has 1 heterocycles. The summed E-state index contributed by atoms with van der Waals surface area (Å²) in [4.78, 5) is 0. The number of nitriles is 1. The fourth-order valence-electron chi connectivity index (χ4n) is 1.57. The van der Waals surface area contributed by atoms with Crippen molar-refractivity contribution in [3.05, 3.63) is 36.0 Å². The number of para-hydroxylation sites is 1. The van der Waals surface area contributed by atoms with Gasteiger partial charge in [0.15, 0.2) is 0 Å². The van der Waals surface area contributed by atoms with Crippen LogP contribution in [0.15, 0.2) is 30.3 Å². The number of aromatic nitrogens is 1. The summed E-state index contributed by atoms with van der Waals surface area (Å²) < 4.78 is 24.1. The molecule has 0 spiro atoms. The Labute approximate surface area is 87.4 Å². The first-order valence-corrected chi connectivity index (χ1v) is 6.10. The molecular weight excluding hydrogens is 212 g/mol. The predicted molar refractivity (Wildman–Crippen MR) is 56.9 cm³/mol. The van der Waals surface area contributed by atoms with Gasteiger partial charge in [0, 0.05) is 5.39 Å². The summed E-state index contributed by atoms with van der Waals surface area (Å²) in [6, 6.07) is 10.4. The van der Waals surface area contributed by atoms with Crippen molar-refractivity contribution >= 4 is 20.9 Å². The van der Waals surface area contributed by atoms with E-state index in [9.17, 15) is 8.42 Å². The van der Waals surface area contributed by atoms with Gasteiger partial charge in [0.25, 0.3) is 0 Å². The molecule has 0 atom stereocenters. The van der Waals surface area contributed by atoms with E-state index in [0.717, 1.165) is 15.6 Å². The second-order valence-electron chi connectivity index (χ2n) is 3.23. The molecule has 0 aliphatic carbocycles. The van der Waals surface area contributed by atoms with E-state index in [0.29, 0.717) is 5.52 Å². The molecule has 0 amide bonds. The van der Waals surface area contributed by atoms with Crippen molar-refractivity contribution in [3.8, 4) is 6.07 Å². The van der Waals surface area contributed by atoms with Crippen LogP contribution in [0.5, 0.6) is 0 Å². The van der Waals surface area contributed by atoms with Gasteiger partial charge in [-0.2, -0.15) is 5.26 Å². The van der Waals surface area contributed by atoms with Crippen molar-refractivity contribution in [2.45, 2.75) is 0 Å². The number of fused-ring (bicyclic) bond motifs is 1. The second-order valence-corrected chi connectivity index (χ2v) is 5.06. The summed E-state index contributed by atoms with van der Waals surface area (Å²) in [5.41, 5.74) is 0.676. The highest BCUT2D eigenvalue weighted by atomic mass is 32.2. The predicted octanol–water partition coefficient (Wildman–Crippen LogP) is 1.32. The molecule has 0 saturated carbocycles. The van der Waals surface area contributed by atoms with Crippen LogP contribution in [0.4, 0.5) is 0 Å². The molecular formula is C10H8N2O2S. The molecule has 0 aliphatic heterocycles. The molecule has 2 aromatic rings. The van der Waals surface area contributed by atoms with E-state index in [-0.39, 0.29) is 5.69 Å². The number of hydrogen-bond donors (Lipinski definition) is 0. The van der Waals surface area contributed by atoms with Gasteiger partial charge in [-0.25, -0.2) is 12.4 Å². The highest BCUT2D eigenvalue weighted by molar-refractivity contribution is 7.89. The molecule has 76 valence electrons. The zero-order valence-corrected chi connectivity index (χ0v) is 8.82. The lowest BCUT2D eigenvalue weighted by Gasteiger charge is -2.02. The molecule has 15 heavy (non-hydrogen) atoms. The van der Waals surface area contributed by atoms with Crippen molar-refractivity contribution in [2.75, 3.05) is 6.26 Å². The Morgan fingerprint density at radius 3 is 2.60 bits per heavy atom. The van der Waals surface area contributed by atoms with E-state index in [4.69, 9.17) is 5.26 Å². The minimum atomic E-state index is -3.43. The molecule has 4 nitrogen and oxygen atoms in total.